The molecular formula is C19H25N3O7. The molecule has 0 unspecified atom stereocenters. The van der Waals surface area contributed by atoms with Crippen molar-refractivity contribution in [1.29, 1.82) is 0 Å². The fourth-order valence-corrected chi connectivity index (χ4v) is 2.47. The van der Waals surface area contributed by atoms with Gasteiger partial charge in [0, 0.05) is 5.56 Å². The van der Waals surface area contributed by atoms with Gasteiger partial charge in [-0.25, -0.2) is 0 Å². The number of phenols is 1. The van der Waals surface area contributed by atoms with Crippen LogP contribution in [0.5, 0.6) is 5.75 Å². The Balaban J connectivity index is 2.67. The fourth-order valence-electron chi connectivity index (χ4n) is 2.47. The van der Waals surface area contributed by atoms with Gasteiger partial charge in [-0.3, -0.25) is 19.2 Å². The van der Waals surface area contributed by atoms with Crippen molar-refractivity contribution in [2.75, 3.05) is 0 Å². The molecule has 10 heteroatoms. The molecule has 5 N–H and O–H groups in total. The number of hydrogen-bond acceptors (Lipinski definition) is 6. The molecule has 0 fully saturated rings. The van der Waals surface area contributed by atoms with Gasteiger partial charge in [0.05, 0.1) is 12.5 Å². The van der Waals surface area contributed by atoms with Crippen LogP contribution >= 0.6 is 0 Å². The largest absolute Gasteiger partial charge is 0.507 e. The van der Waals surface area contributed by atoms with Gasteiger partial charge >= 0.3 is 5.97 Å². The highest BCUT2D eigenvalue weighted by atomic mass is 16.4. The van der Waals surface area contributed by atoms with Gasteiger partial charge in [-0.05, 0) is 51.0 Å². The van der Waals surface area contributed by atoms with Gasteiger partial charge in [-0.1, -0.05) is 0 Å². The summed E-state index contributed by atoms with van der Waals surface area (Å²) in [4.78, 5) is 58.0. The highest BCUT2D eigenvalue weighted by molar-refractivity contribution is 5.98. The maximum atomic E-state index is 12.3. The number of hydrogen-bond donors (Lipinski definition) is 5. The SMILES string of the molecule is Cc1cc(C(=O)N[C@@H](C)C(=O)N[C@@H](C)C(=O)N[C@H](C=O)CC(=O)O)cc(C)c1O. The summed E-state index contributed by atoms with van der Waals surface area (Å²) in [5.74, 6) is -3.08. The summed E-state index contributed by atoms with van der Waals surface area (Å²) in [6, 6.07) is -0.275. The van der Waals surface area contributed by atoms with Crippen LogP contribution in [0.2, 0.25) is 0 Å². The molecule has 158 valence electrons. The minimum absolute atomic E-state index is 0.0868. The first-order chi connectivity index (χ1) is 13.5. The van der Waals surface area contributed by atoms with Crippen LogP contribution in [0.25, 0.3) is 0 Å². The number of aryl methyl sites for hydroxylation is 2. The summed E-state index contributed by atoms with van der Waals surface area (Å²) in [7, 11) is 0. The van der Waals surface area contributed by atoms with E-state index in [0.29, 0.717) is 17.4 Å². The second kappa shape index (κ2) is 10.2. The molecule has 0 spiro atoms. The first-order valence-electron chi connectivity index (χ1n) is 8.85. The van der Waals surface area contributed by atoms with Crippen molar-refractivity contribution in [1.82, 2.24) is 16.0 Å². The zero-order valence-corrected chi connectivity index (χ0v) is 16.6. The summed E-state index contributed by atoms with van der Waals surface area (Å²) in [5.41, 5.74) is 1.30. The topological polar surface area (TPSA) is 162 Å². The van der Waals surface area contributed by atoms with Gasteiger partial charge in [0.15, 0.2) is 0 Å². The van der Waals surface area contributed by atoms with Gasteiger partial charge in [-0.15, -0.1) is 0 Å². The molecule has 0 aliphatic carbocycles. The fraction of sp³-hybridized carbons (Fsp3) is 0.421. The number of rotatable bonds is 9. The number of carboxylic acids is 1. The minimum atomic E-state index is -1.25. The van der Waals surface area contributed by atoms with Crippen molar-refractivity contribution >= 4 is 30.0 Å². The Morgan fingerprint density at radius 2 is 1.45 bits per heavy atom. The van der Waals surface area contributed by atoms with Gasteiger partial charge < -0.3 is 31.0 Å². The normalized spacial score (nSPS) is 13.5. The van der Waals surface area contributed by atoms with Crippen LogP contribution in [0.4, 0.5) is 0 Å². The van der Waals surface area contributed by atoms with Crippen LogP contribution in [0.1, 0.15) is 41.8 Å². The van der Waals surface area contributed by atoms with Crippen molar-refractivity contribution in [2.24, 2.45) is 0 Å². The Morgan fingerprint density at radius 1 is 0.966 bits per heavy atom. The third-order valence-electron chi connectivity index (χ3n) is 4.13. The third-order valence-corrected chi connectivity index (χ3v) is 4.13. The summed E-state index contributed by atoms with van der Waals surface area (Å²) >= 11 is 0. The average molecular weight is 407 g/mol. The zero-order valence-electron chi connectivity index (χ0n) is 16.6. The monoisotopic (exact) mass is 407 g/mol. The Kier molecular flexibility index (Phi) is 8.31. The zero-order chi connectivity index (χ0) is 22.3. The Bertz CT molecular complexity index is 799. The summed E-state index contributed by atoms with van der Waals surface area (Å²) in [5, 5.41) is 25.5. The van der Waals surface area contributed by atoms with Crippen LogP contribution in [0, 0.1) is 13.8 Å². The number of carbonyl (C=O) groups excluding carboxylic acids is 4. The van der Waals surface area contributed by atoms with E-state index in [1.807, 2.05) is 0 Å². The molecule has 1 aromatic carbocycles. The molecule has 0 bridgehead atoms. The van der Waals surface area contributed by atoms with Gasteiger partial charge in [0.2, 0.25) is 11.8 Å². The number of phenolic OH excluding ortho intramolecular Hbond substituents is 1. The number of aromatic hydroxyl groups is 1. The molecule has 10 nitrogen and oxygen atoms in total. The number of aldehydes is 1. The predicted molar refractivity (Wildman–Crippen MR) is 102 cm³/mol. The Morgan fingerprint density at radius 3 is 1.93 bits per heavy atom. The van der Waals surface area contributed by atoms with Crippen LogP contribution in [0.3, 0.4) is 0 Å². The van der Waals surface area contributed by atoms with Crippen molar-refractivity contribution in [3.63, 3.8) is 0 Å². The molecule has 1 rings (SSSR count). The molecule has 0 saturated heterocycles. The standard InChI is InChI=1S/C19H25N3O7/c1-9-5-13(6-10(2)16(9)26)19(29)21-11(3)17(27)20-12(4)18(28)22-14(8-23)7-15(24)25/h5-6,8,11-12,14,26H,7H2,1-4H3,(H,20,27)(H,21,29)(H,22,28)(H,24,25)/t11-,12-,14-/m0/s1. The predicted octanol–water partition coefficient (Wildman–Crippen LogP) is -0.210. The van der Waals surface area contributed by atoms with E-state index in [-0.39, 0.29) is 11.3 Å². The van der Waals surface area contributed by atoms with Gasteiger partial charge in [0.25, 0.3) is 5.91 Å². The number of carbonyl (C=O) groups is 5. The lowest BCUT2D eigenvalue weighted by Crippen LogP contribution is -2.53. The number of benzene rings is 1. The summed E-state index contributed by atoms with van der Waals surface area (Å²) in [6.07, 6.45) is -0.279. The lowest BCUT2D eigenvalue weighted by atomic mass is 10.0. The first kappa shape index (κ1) is 23.6. The maximum absolute atomic E-state index is 12.3. The quantitative estimate of drug-likeness (QED) is 0.354. The van der Waals surface area contributed by atoms with Crippen LogP contribution < -0.4 is 16.0 Å². The molecule has 0 radical (unpaired) electrons. The number of amides is 3. The third kappa shape index (κ3) is 6.91. The second-order valence-electron chi connectivity index (χ2n) is 6.73. The molecule has 3 amide bonds. The first-order valence-corrected chi connectivity index (χ1v) is 8.85. The van der Waals surface area contributed by atoms with E-state index in [4.69, 9.17) is 5.11 Å². The lowest BCUT2D eigenvalue weighted by Gasteiger charge is -2.20. The average Bonchev–Trinajstić information content (AvgIpc) is 2.64. The van der Waals surface area contributed by atoms with E-state index in [9.17, 15) is 29.1 Å². The van der Waals surface area contributed by atoms with Crippen LogP contribution in [-0.2, 0) is 19.2 Å². The molecule has 0 saturated carbocycles. The molecule has 0 aliphatic heterocycles. The van der Waals surface area contributed by atoms with Crippen molar-refractivity contribution in [2.45, 2.75) is 52.2 Å². The molecule has 1 aromatic rings. The minimum Gasteiger partial charge on any atom is -0.507 e. The van der Waals surface area contributed by atoms with Crippen molar-refractivity contribution < 1.29 is 34.2 Å². The van der Waals surface area contributed by atoms with Crippen molar-refractivity contribution in [3.05, 3.63) is 28.8 Å². The van der Waals surface area contributed by atoms with Crippen molar-refractivity contribution in [3.8, 4) is 5.75 Å². The number of nitrogens with one attached hydrogen (secondary N) is 3. The second-order valence-corrected chi connectivity index (χ2v) is 6.73. The molecular weight excluding hydrogens is 382 g/mol. The van der Waals surface area contributed by atoms with E-state index < -0.39 is 48.2 Å². The van der Waals surface area contributed by atoms with E-state index >= 15 is 0 Å². The smallest absolute Gasteiger partial charge is 0.305 e. The van der Waals surface area contributed by atoms with Crippen LogP contribution in [-0.4, -0.2) is 58.3 Å². The Hall–Kier alpha value is -3.43. The van der Waals surface area contributed by atoms with E-state index in [1.165, 1.54) is 26.0 Å². The summed E-state index contributed by atoms with van der Waals surface area (Å²) < 4.78 is 0. The molecule has 0 aromatic heterocycles. The molecule has 29 heavy (non-hydrogen) atoms. The number of aliphatic carboxylic acids is 1. The van der Waals surface area contributed by atoms with Crippen LogP contribution in [0.15, 0.2) is 12.1 Å². The number of carboxylic acid groups (broad SMARTS) is 1. The summed E-state index contributed by atoms with van der Waals surface area (Å²) in [6.45, 7) is 6.08. The maximum Gasteiger partial charge on any atom is 0.305 e. The van der Waals surface area contributed by atoms with E-state index in [2.05, 4.69) is 16.0 Å². The van der Waals surface area contributed by atoms with Gasteiger partial charge in [0.1, 0.15) is 24.1 Å². The highest BCUT2D eigenvalue weighted by Crippen LogP contribution is 2.22. The lowest BCUT2D eigenvalue weighted by molar-refractivity contribution is -0.139. The molecule has 0 heterocycles. The molecule has 3 atom stereocenters. The van der Waals surface area contributed by atoms with E-state index in [1.54, 1.807) is 13.8 Å². The Labute approximate surface area is 167 Å². The molecule has 0 aliphatic rings. The van der Waals surface area contributed by atoms with E-state index in [0.717, 1.165) is 0 Å². The van der Waals surface area contributed by atoms with Gasteiger partial charge in [-0.2, -0.15) is 0 Å². The highest BCUT2D eigenvalue weighted by Gasteiger charge is 2.24.